The molecule has 0 saturated heterocycles. The predicted octanol–water partition coefficient (Wildman–Crippen LogP) is 3.88. The second kappa shape index (κ2) is 6.31. The average Bonchev–Trinajstić information content (AvgIpc) is 2.70. The van der Waals surface area contributed by atoms with Crippen molar-refractivity contribution in [1.82, 2.24) is 9.78 Å². The first-order chi connectivity index (χ1) is 9.54. The van der Waals surface area contributed by atoms with Gasteiger partial charge in [0.2, 0.25) is 0 Å². The minimum atomic E-state index is 0.381. The van der Waals surface area contributed by atoms with Crippen molar-refractivity contribution in [3.63, 3.8) is 0 Å². The number of benzene rings is 1. The van der Waals surface area contributed by atoms with Crippen molar-refractivity contribution >= 4 is 17.4 Å². The van der Waals surface area contributed by atoms with E-state index >= 15 is 0 Å². The molecule has 20 heavy (non-hydrogen) atoms. The zero-order chi connectivity index (χ0) is 14.7. The molecule has 0 aliphatic heterocycles. The summed E-state index contributed by atoms with van der Waals surface area (Å²) in [5, 5.41) is 4.52. The number of nitrogens with zero attached hydrogens (tertiary/aromatic N) is 3. The highest BCUT2D eigenvalue weighted by Crippen LogP contribution is 2.28. The van der Waals surface area contributed by atoms with Crippen molar-refractivity contribution in [2.45, 2.75) is 39.2 Å². The van der Waals surface area contributed by atoms with Crippen molar-refractivity contribution < 1.29 is 0 Å². The maximum atomic E-state index is 6.12. The minimum absolute atomic E-state index is 0.381. The molecule has 0 saturated carbocycles. The van der Waals surface area contributed by atoms with Crippen LogP contribution in [0.15, 0.2) is 30.3 Å². The maximum absolute atomic E-state index is 6.12. The van der Waals surface area contributed by atoms with E-state index in [4.69, 9.17) is 11.6 Å². The summed E-state index contributed by atoms with van der Waals surface area (Å²) in [7, 11) is 1.98. The molecular weight excluding hydrogens is 270 g/mol. The maximum Gasteiger partial charge on any atom is 0.131 e. The molecule has 1 heterocycles. The molecule has 2 aromatic rings. The molecule has 0 radical (unpaired) electrons. The van der Waals surface area contributed by atoms with E-state index < -0.39 is 0 Å². The molecule has 0 amide bonds. The molecule has 0 atom stereocenters. The van der Waals surface area contributed by atoms with Crippen LogP contribution in [-0.4, -0.2) is 15.8 Å². The monoisotopic (exact) mass is 291 g/mol. The molecule has 2 rings (SSSR count). The van der Waals surface area contributed by atoms with E-state index in [0.717, 1.165) is 23.6 Å². The van der Waals surface area contributed by atoms with Crippen LogP contribution in [0.4, 0.5) is 5.82 Å². The van der Waals surface area contributed by atoms with Gasteiger partial charge in [0.25, 0.3) is 0 Å². The molecule has 0 fully saturated rings. The fourth-order valence-electron chi connectivity index (χ4n) is 2.49. The number of hydrogen-bond donors (Lipinski definition) is 0. The summed E-state index contributed by atoms with van der Waals surface area (Å²) in [5.74, 6) is 1.61. The summed E-state index contributed by atoms with van der Waals surface area (Å²) < 4.78 is 1.94. The van der Waals surface area contributed by atoms with E-state index in [-0.39, 0.29) is 0 Å². The number of anilines is 1. The van der Waals surface area contributed by atoms with Crippen LogP contribution < -0.4 is 4.90 Å². The fourth-order valence-corrected chi connectivity index (χ4v) is 2.80. The topological polar surface area (TPSA) is 21.1 Å². The summed E-state index contributed by atoms with van der Waals surface area (Å²) in [6, 6.07) is 10.9. The Hall–Kier alpha value is -1.48. The SMILES string of the molecule is Cc1nn(C)c(N(Cc2ccccc2)C(C)C)c1CCl. The van der Waals surface area contributed by atoms with Crippen LogP contribution >= 0.6 is 11.6 Å². The van der Waals surface area contributed by atoms with Crippen molar-refractivity contribution in [3.05, 3.63) is 47.2 Å². The van der Waals surface area contributed by atoms with Crippen molar-refractivity contribution in [2.75, 3.05) is 4.90 Å². The van der Waals surface area contributed by atoms with E-state index in [1.54, 1.807) is 0 Å². The Morgan fingerprint density at radius 3 is 2.45 bits per heavy atom. The third kappa shape index (κ3) is 2.98. The van der Waals surface area contributed by atoms with Crippen LogP contribution in [0.1, 0.15) is 30.7 Å². The zero-order valence-corrected chi connectivity index (χ0v) is 13.4. The van der Waals surface area contributed by atoms with Gasteiger partial charge in [-0.3, -0.25) is 4.68 Å². The Balaban J connectivity index is 2.39. The molecule has 0 bridgehead atoms. The summed E-state index contributed by atoms with van der Waals surface area (Å²) in [5.41, 5.74) is 3.43. The van der Waals surface area contributed by atoms with Crippen molar-refractivity contribution in [2.24, 2.45) is 7.05 Å². The number of aromatic nitrogens is 2. The highest BCUT2D eigenvalue weighted by atomic mass is 35.5. The Labute approximate surface area is 126 Å². The lowest BCUT2D eigenvalue weighted by atomic mass is 10.1. The Morgan fingerprint density at radius 1 is 1.25 bits per heavy atom. The zero-order valence-electron chi connectivity index (χ0n) is 12.6. The molecule has 1 aromatic carbocycles. The van der Waals surface area contributed by atoms with E-state index in [9.17, 15) is 0 Å². The van der Waals surface area contributed by atoms with Gasteiger partial charge >= 0.3 is 0 Å². The van der Waals surface area contributed by atoms with Crippen LogP contribution in [0.25, 0.3) is 0 Å². The number of halogens is 1. The van der Waals surface area contributed by atoms with Crippen LogP contribution in [0.2, 0.25) is 0 Å². The van der Waals surface area contributed by atoms with Gasteiger partial charge < -0.3 is 4.90 Å². The quantitative estimate of drug-likeness (QED) is 0.780. The second-order valence-corrected chi connectivity index (χ2v) is 5.62. The molecular formula is C16H22ClN3. The van der Waals surface area contributed by atoms with Crippen LogP contribution in [0.3, 0.4) is 0 Å². The van der Waals surface area contributed by atoms with E-state index in [1.807, 2.05) is 24.7 Å². The van der Waals surface area contributed by atoms with Crippen LogP contribution in [0, 0.1) is 6.92 Å². The first kappa shape index (κ1) is 14.9. The first-order valence-electron chi connectivity index (χ1n) is 6.93. The third-order valence-corrected chi connectivity index (χ3v) is 3.81. The molecule has 1 aromatic heterocycles. The van der Waals surface area contributed by atoms with Crippen molar-refractivity contribution in [1.29, 1.82) is 0 Å². The van der Waals surface area contributed by atoms with Gasteiger partial charge in [-0.2, -0.15) is 5.10 Å². The van der Waals surface area contributed by atoms with E-state index in [0.29, 0.717) is 11.9 Å². The number of hydrogen-bond acceptors (Lipinski definition) is 2. The summed E-state index contributed by atoms with van der Waals surface area (Å²) >= 11 is 6.12. The van der Waals surface area contributed by atoms with Gasteiger partial charge in [0.1, 0.15) is 5.82 Å². The molecule has 108 valence electrons. The molecule has 0 aliphatic carbocycles. The molecule has 0 unspecified atom stereocenters. The lowest BCUT2D eigenvalue weighted by molar-refractivity contribution is 0.632. The Bertz CT molecular complexity index is 561. The van der Waals surface area contributed by atoms with Gasteiger partial charge in [-0.05, 0) is 26.3 Å². The predicted molar refractivity (Wildman–Crippen MR) is 85.3 cm³/mol. The number of alkyl halides is 1. The fraction of sp³-hybridized carbons (Fsp3) is 0.438. The molecule has 3 nitrogen and oxygen atoms in total. The second-order valence-electron chi connectivity index (χ2n) is 5.35. The summed E-state index contributed by atoms with van der Waals surface area (Å²) in [6.07, 6.45) is 0. The van der Waals surface area contributed by atoms with Gasteiger partial charge in [0.15, 0.2) is 0 Å². The number of aryl methyl sites for hydroxylation is 2. The van der Waals surface area contributed by atoms with Crippen LogP contribution in [0.5, 0.6) is 0 Å². The first-order valence-corrected chi connectivity index (χ1v) is 7.47. The standard InChI is InChI=1S/C16H22ClN3/c1-12(2)20(11-14-8-6-5-7-9-14)16-15(10-17)13(3)18-19(16)4/h5-9,12H,10-11H2,1-4H3. The highest BCUT2D eigenvalue weighted by Gasteiger charge is 2.21. The van der Waals surface area contributed by atoms with Crippen molar-refractivity contribution in [3.8, 4) is 0 Å². The molecule has 4 heteroatoms. The van der Waals surface area contributed by atoms with Crippen LogP contribution in [-0.2, 0) is 19.5 Å². The van der Waals surface area contributed by atoms with E-state index in [2.05, 4.69) is 48.1 Å². The number of rotatable bonds is 5. The third-order valence-electron chi connectivity index (χ3n) is 3.54. The van der Waals surface area contributed by atoms with Gasteiger partial charge in [-0.25, -0.2) is 0 Å². The Kier molecular flexibility index (Phi) is 4.71. The van der Waals surface area contributed by atoms with E-state index in [1.165, 1.54) is 5.56 Å². The molecule has 0 N–H and O–H groups in total. The summed E-state index contributed by atoms with van der Waals surface area (Å²) in [4.78, 5) is 2.35. The lowest BCUT2D eigenvalue weighted by Crippen LogP contribution is -2.32. The lowest BCUT2D eigenvalue weighted by Gasteiger charge is -2.30. The normalized spacial score (nSPS) is 11.1. The van der Waals surface area contributed by atoms with Gasteiger partial charge in [0, 0.05) is 25.2 Å². The molecule has 0 aliphatic rings. The molecule has 0 spiro atoms. The highest BCUT2D eigenvalue weighted by molar-refractivity contribution is 6.17. The Morgan fingerprint density at radius 2 is 1.90 bits per heavy atom. The van der Waals surface area contributed by atoms with Gasteiger partial charge in [0.05, 0.1) is 11.6 Å². The smallest absolute Gasteiger partial charge is 0.131 e. The van der Waals surface area contributed by atoms with Gasteiger partial charge in [-0.15, -0.1) is 11.6 Å². The van der Waals surface area contributed by atoms with Gasteiger partial charge in [-0.1, -0.05) is 30.3 Å². The summed E-state index contributed by atoms with van der Waals surface area (Å²) in [6.45, 7) is 7.27. The average molecular weight is 292 g/mol. The minimum Gasteiger partial charge on any atom is -0.350 e. The largest absolute Gasteiger partial charge is 0.350 e.